The molecule has 0 spiro atoms. The van der Waals surface area contributed by atoms with E-state index in [4.69, 9.17) is 0 Å². The molecule has 31 heavy (non-hydrogen) atoms. The number of nitrogens with one attached hydrogen (secondary N) is 1. The van der Waals surface area contributed by atoms with E-state index in [1.807, 2.05) is 41.8 Å². The molecule has 0 saturated heterocycles. The number of fused-ring (bicyclic) bond motifs is 1. The lowest BCUT2D eigenvalue weighted by molar-refractivity contribution is 0.0925. The van der Waals surface area contributed by atoms with Gasteiger partial charge in [0.2, 0.25) is 0 Å². The first kappa shape index (κ1) is 19.0. The van der Waals surface area contributed by atoms with Gasteiger partial charge in [0.15, 0.2) is 0 Å². The zero-order valence-electron chi connectivity index (χ0n) is 16.2. The lowest BCUT2D eigenvalue weighted by Crippen LogP contribution is -2.29. The minimum absolute atomic E-state index is 0.242. The number of rotatable bonds is 4. The van der Waals surface area contributed by atoms with Crippen LogP contribution in [0.1, 0.15) is 30.4 Å². The molecule has 3 aromatic carbocycles. The predicted molar refractivity (Wildman–Crippen MR) is 122 cm³/mol. The maximum Gasteiger partial charge on any atom is 0.266 e. The monoisotopic (exact) mass is 424 g/mol. The van der Waals surface area contributed by atoms with Crippen LogP contribution >= 0.6 is 11.3 Å². The van der Waals surface area contributed by atoms with E-state index in [0.29, 0.717) is 27.4 Å². The molecule has 0 aliphatic carbocycles. The molecule has 1 aliphatic heterocycles. The van der Waals surface area contributed by atoms with Crippen molar-refractivity contribution in [3.63, 3.8) is 0 Å². The summed E-state index contributed by atoms with van der Waals surface area (Å²) in [6.45, 7) is 0. The van der Waals surface area contributed by atoms with Gasteiger partial charge in [0, 0.05) is 11.3 Å². The first-order valence-electron chi connectivity index (χ1n) is 9.65. The van der Waals surface area contributed by atoms with Crippen molar-refractivity contribution in [1.82, 2.24) is 0 Å². The molecule has 6 heteroatoms. The summed E-state index contributed by atoms with van der Waals surface area (Å²) in [5.74, 6) is -0.976. The molecule has 0 saturated carbocycles. The molecule has 5 rings (SSSR count). The fraction of sp³-hybridized carbons (Fsp3) is 0. The molecule has 0 fully saturated rings. The van der Waals surface area contributed by atoms with E-state index in [1.165, 1.54) is 11.3 Å². The van der Waals surface area contributed by atoms with Gasteiger partial charge in [-0.1, -0.05) is 48.5 Å². The van der Waals surface area contributed by atoms with E-state index in [2.05, 4.69) is 5.32 Å². The molecule has 0 unspecified atom stereocenters. The maximum atomic E-state index is 13.0. The minimum Gasteiger partial charge on any atom is -0.321 e. The van der Waals surface area contributed by atoms with Crippen LogP contribution in [0.4, 0.5) is 11.4 Å². The molecular weight excluding hydrogens is 408 g/mol. The Bertz CT molecular complexity index is 1290. The summed E-state index contributed by atoms with van der Waals surface area (Å²) >= 11 is 1.36. The summed E-state index contributed by atoms with van der Waals surface area (Å²) in [6, 6.07) is 25.1. The highest BCUT2D eigenvalue weighted by molar-refractivity contribution is 7.12. The Morgan fingerprint density at radius 3 is 2.13 bits per heavy atom. The molecule has 150 valence electrons. The van der Waals surface area contributed by atoms with Gasteiger partial charge in [0.05, 0.1) is 21.7 Å². The molecule has 4 aromatic rings. The maximum absolute atomic E-state index is 13.0. The van der Waals surface area contributed by atoms with Crippen LogP contribution in [0.3, 0.4) is 0 Å². The summed E-state index contributed by atoms with van der Waals surface area (Å²) < 4.78 is 0. The van der Waals surface area contributed by atoms with Crippen LogP contribution in [0.25, 0.3) is 11.1 Å². The van der Waals surface area contributed by atoms with Gasteiger partial charge in [0.25, 0.3) is 17.7 Å². The topological polar surface area (TPSA) is 66.5 Å². The number of carbonyl (C=O) groups excluding carboxylic acids is 3. The van der Waals surface area contributed by atoms with Crippen LogP contribution < -0.4 is 10.2 Å². The first-order valence-corrected chi connectivity index (χ1v) is 10.5. The van der Waals surface area contributed by atoms with E-state index in [9.17, 15) is 14.4 Å². The number of thiophene rings is 1. The second-order valence-electron chi connectivity index (χ2n) is 7.03. The Morgan fingerprint density at radius 1 is 0.742 bits per heavy atom. The standard InChI is InChI=1S/C25H16N2O3S/c28-23(22-19(13-14-31-22)16-7-2-1-3-8-16)26-17-9-6-10-18(15-17)27-24(29)20-11-4-5-12-21(20)25(27)30/h1-15H,(H,26,28). The second-order valence-corrected chi connectivity index (χ2v) is 7.94. The first-order chi connectivity index (χ1) is 15.1. The average Bonchev–Trinajstić information content (AvgIpc) is 3.39. The molecule has 0 radical (unpaired) electrons. The van der Waals surface area contributed by atoms with E-state index < -0.39 is 0 Å². The van der Waals surface area contributed by atoms with Gasteiger partial charge in [-0.25, -0.2) is 4.90 Å². The number of anilines is 2. The Morgan fingerprint density at radius 2 is 1.42 bits per heavy atom. The molecule has 1 N–H and O–H groups in total. The van der Waals surface area contributed by atoms with E-state index in [1.54, 1.807) is 48.5 Å². The van der Waals surface area contributed by atoms with Crippen molar-refractivity contribution in [3.05, 3.63) is 106 Å². The summed E-state index contributed by atoms with van der Waals surface area (Å²) in [5.41, 5.74) is 3.51. The van der Waals surface area contributed by atoms with Gasteiger partial charge in [-0.05, 0) is 47.3 Å². The fourth-order valence-electron chi connectivity index (χ4n) is 3.66. The van der Waals surface area contributed by atoms with Crippen molar-refractivity contribution in [1.29, 1.82) is 0 Å². The van der Waals surface area contributed by atoms with Crippen LogP contribution in [0.5, 0.6) is 0 Å². The van der Waals surface area contributed by atoms with Crippen molar-refractivity contribution < 1.29 is 14.4 Å². The van der Waals surface area contributed by atoms with Crippen molar-refractivity contribution in [2.24, 2.45) is 0 Å². The second kappa shape index (κ2) is 7.66. The number of nitrogens with zero attached hydrogens (tertiary/aromatic N) is 1. The molecule has 0 bridgehead atoms. The van der Waals surface area contributed by atoms with Gasteiger partial charge >= 0.3 is 0 Å². The highest BCUT2D eigenvalue weighted by atomic mass is 32.1. The van der Waals surface area contributed by atoms with Crippen LogP contribution in [-0.4, -0.2) is 17.7 Å². The lowest BCUT2D eigenvalue weighted by atomic mass is 10.1. The van der Waals surface area contributed by atoms with Crippen molar-refractivity contribution in [2.45, 2.75) is 0 Å². The molecular formula is C25H16N2O3S. The summed E-state index contributed by atoms with van der Waals surface area (Å²) in [6.07, 6.45) is 0. The smallest absolute Gasteiger partial charge is 0.266 e. The molecule has 1 aromatic heterocycles. The molecule has 5 nitrogen and oxygen atoms in total. The van der Waals surface area contributed by atoms with Crippen LogP contribution in [0.2, 0.25) is 0 Å². The van der Waals surface area contributed by atoms with Crippen molar-refractivity contribution in [2.75, 3.05) is 10.2 Å². The van der Waals surface area contributed by atoms with Gasteiger partial charge in [-0.2, -0.15) is 0 Å². The number of carbonyl (C=O) groups is 3. The molecule has 3 amide bonds. The predicted octanol–water partition coefficient (Wildman–Crippen LogP) is 5.47. The van der Waals surface area contributed by atoms with E-state index in [-0.39, 0.29) is 17.7 Å². The van der Waals surface area contributed by atoms with Crippen molar-refractivity contribution in [3.8, 4) is 11.1 Å². The third-order valence-corrected chi connectivity index (χ3v) is 6.03. The van der Waals surface area contributed by atoms with E-state index in [0.717, 1.165) is 16.0 Å². The zero-order valence-corrected chi connectivity index (χ0v) is 17.1. The van der Waals surface area contributed by atoms with Gasteiger partial charge < -0.3 is 5.32 Å². The third-order valence-electron chi connectivity index (χ3n) is 5.11. The average molecular weight is 424 g/mol. The van der Waals surface area contributed by atoms with E-state index >= 15 is 0 Å². The summed E-state index contributed by atoms with van der Waals surface area (Å²) in [4.78, 5) is 40.2. The quantitative estimate of drug-likeness (QED) is 0.442. The Kier molecular flexibility index (Phi) is 4.69. The number of benzene rings is 3. The summed E-state index contributed by atoms with van der Waals surface area (Å²) in [5, 5.41) is 4.77. The van der Waals surface area contributed by atoms with Crippen LogP contribution in [-0.2, 0) is 0 Å². The van der Waals surface area contributed by atoms with Crippen LogP contribution in [0, 0.1) is 0 Å². The zero-order chi connectivity index (χ0) is 21.4. The SMILES string of the molecule is O=C(Nc1cccc(N2C(=O)c3ccccc3C2=O)c1)c1sccc1-c1ccccc1. The minimum atomic E-state index is -0.367. The van der Waals surface area contributed by atoms with Crippen LogP contribution in [0.15, 0.2) is 90.3 Å². The van der Waals surface area contributed by atoms with Gasteiger partial charge in [-0.15, -0.1) is 11.3 Å². The molecule has 1 aliphatic rings. The Hall–Kier alpha value is -4.03. The Balaban J connectivity index is 1.42. The number of hydrogen-bond acceptors (Lipinski definition) is 4. The number of imide groups is 1. The highest BCUT2D eigenvalue weighted by Crippen LogP contribution is 2.31. The third kappa shape index (κ3) is 3.33. The Labute approximate surface area is 182 Å². The highest BCUT2D eigenvalue weighted by Gasteiger charge is 2.36. The fourth-order valence-corrected chi connectivity index (χ4v) is 4.48. The van der Waals surface area contributed by atoms with Gasteiger partial charge in [0.1, 0.15) is 0 Å². The lowest BCUT2D eigenvalue weighted by Gasteiger charge is -2.15. The van der Waals surface area contributed by atoms with Crippen molar-refractivity contribution >= 4 is 40.4 Å². The molecule has 2 heterocycles. The largest absolute Gasteiger partial charge is 0.321 e. The normalized spacial score (nSPS) is 12.7. The number of amides is 3. The molecule has 0 atom stereocenters. The summed E-state index contributed by atoms with van der Waals surface area (Å²) in [7, 11) is 0. The van der Waals surface area contributed by atoms with Gasteiger partial charge in [-0.3, -0.25) is 14.4 Å². The number of hydrogen-bond donors (Lipinski definition) is 1.